The molecular weight excluding hydrogens is 566 g/mol. The number of anilines is 2. The molecule has 0 aliphatic carbocycles. The number of rotatable bonds is 10. The van der Waals surface area contributed by atoms with Crippen LogP contribution in [0.2, 0.25) is 0 Å². The molecule has 2 amide bonds. The first kappa shape index (κ1) is 29.4. The SMILES string of the molecule is Cc1cc(C)cc(N(CCC(=O)Nc2ccc(C(=O)NCC(C)C)cc2C)S(=O)(=O)c2ccc(Br)cc2)c1. The lowest BCUT2D eigenvalue weighted by Crippen LogP contribution is -2.34. The van der Waals surface area contributed by atoms with Gasteiger partial charge in [-0.15, -0.1) is 0 Å². The van der Waals surface area contributed by atoms with Gasteiger partial charge in [0.1, 0.15) is 0 Å². The summed E-state index contributed by atoms with van der Waals surface area (Å²) in [5.74, 6) is -0.151. The van der Waals surface area contributed by atoms with Crippen LogP contribution in [0.3, 0.4) is 0 Å². The van der Waals surface area contributed by atoms with E-state index in [0.29, 0.717) is 29.4 Å². The summed E-state index contributed by atoms with van der Waals surface area (Å²) < 4.78 is 29.3. The normalized spacial score (nSPS) is 11.3. The smallest absolute Gasteiger partial charge is 0.264 e. The highest BCUT2D eigenvalue weighted by atomic mass is 79.9. The van der Waals surface area contributed by atoms with Gasteiger partial charge in [0, 0.05) is 35.2 Å². The molecule has 0 saturated heterocycles. The summed E-state index contributed by atoms with van der Waals surface area (Å²) in [7, 11) is -3.92. The Kier molecular flexibility index (Phi) is 9.73. The summed E-state index contributed by atoms with van der Waals surface area (Å²) in [6.07, 6.45) is -0.0567. The molecule has 0 spiro atoms. The number of hydrogen-bond donors (Lipinski definition) is 2. The molecule has 2 N–H and O–H groups in total. The van der Waals surface area contributed by atoms with Crippen molar-refractivity contribution in [3.8, 4) is 0 Å². The fourth-order valence-electron chi connectivity index (χ4n) is 3.98. The number of aryl methyl sites for hydroxylation is 3. The lowest BCUT2D eigenvalue weighted by atomic mass is 10.1. The van der Waals surface area contributed by atoms with Crippen LogP contribution in [0.25, 0.3) is 0 Å². The third-order valence-electron chi connectivity index (χ3n) is 5.87. The van der Waals surface area contributed by atoms with Gasteiger partial charge in [-0.25, -0.2) is 8.42 Å². The first-order valence-corrected chi connectivity index (χ1v) is 14.7. The molecular formula is C29H34BrN3O4S. The van der Waals surface area contributed by atoms with Crippen molar-refractivity contribution in [1.29, 1.82) is 0 Å². The Morgan fingerprint density at radius 2 is 1.55 bits per heavy atom. The molecule has 202 valence electrons. The fraction of sp³-hybridized carbons (Fsp3) is 0.310. The van der Waals surface area contributed by atoms with Crippen molar-refractivity contribution < 1.29 is 18.0 Å². The predicted octanol–water partition coefficient (Wildman–Crippen LogP) is 5.98. The van der Waals surface area contributed by atoms with Crippen LogP contribution in [-0.2, 0) is 14.8 Å². The van der Waals surface area contributed by atoms with Gasteiger partial charge in [0.15, 0.2) is 0 Å². The summed E-state index contributed by atoms with van der Waals surface area (Å²) in [5.41, 5.74) is 4.18. The molecule has 0 aromatic heterocycles. The van der Waals surface area contributed by atoms with Crippen LogP contribution in [0, 0.1) is 26.7 Å². The van der Waals surface area contributed by atoms with E-state index >= 15 is 0 Å². The Bertz CT molecular complexity index is 1400. The third kappa shape index (κ3) is 7.68. The maximum Gasteiger partial charge on any atom is 0.264 e. The molecule has 7 nitrogen and oxygen atoms in total. The third-order valence-corrected chi connectivity index (χ3v) is 8.24. The number of nitrogens with one attached hydrogen (secondary N) is 2. The van der Waals surface area contributed by atoms with Gasteiger partial charge < -0.3 is 10.6 Å². The minimum Gasteiger partial charge on any atom is -0.352 e. The topological polar surface area (TPSA) is 95.6 Å². The predicted molar refractivity (Wildman–Crippen MR) is 156 cm³/mol. The van der Waals surface area contributed by atoms with Gasteiger partial charge in [0.05, 0.1) is 10.6 Å². The van der Waals surface area contributed by atoms with E-state index in [2.05, 4.69) is 26.6 Å². The first-order valence-electron chi connectivity index (χ1n) is 12.4. The zero-order valence-corrected chi connectivity index (χ0v) is 24.7. The van der Waals surface area contributed by atoms with Gasteiger partial charge >= 0.3 is 0 Å². The van der Waals surface area contributed by atoms with Crippen LogP contribution in [0.1, 0.15) is 47.3 Å². The molecule has 0 aliphatic rings. The summed E-state index contributed by atoms with van der Waals surface area (Å²) in [6.45, 7) is 10.2. The highest BCUT2D eigenvalue weighted by Gasteiger charge is 2.26. The molecule has 0 saturated carbocycles. The number of nitrogens with zero attached hydrogens (tertiary/aromatic N) is 1. The molecule has 0 fully saturated rings. The standard InChI is InChI=1S/C29H34BrN3O4S/c1-19(2)18-31-29(35)23-6-11-27(22(5)17-23)32-28(34)12-13-33(25-15-20(3)14-21(4)16-25)38(36,37)26-9-7-24(30)8-10-26/h6-11,14-17,19H,12-13,18H2,1-5H3,(H,31,35)(H,32,34). The summed E-state index contributed by atoms with van der Waals surface area (Å²) >= 11 is 3.34. The van der Waals surface area contributed by atoms with Crippen molar-refractivity contribution in [3.63, 3.8) is 0 Å². The van der Waals surface area contributed by atoms with Crippen LogP contribution in [0.5, 0.6) is 0 Å². The Hall–Kier alpha value is -3.17. The van der Waals surface area contributed by atoms with Crippen molar-refractivity contribution in [3.05, 3.63) is 87.4 Å². The molecule has 0 unspecified atom stereocenters. The van der Waals surface area contributed by atoms with E-state index in [0.717, 1.165) is 21.2 Å². The number of carbonyl (C=O) groups is 2. The van der Waals surface area contributed by atoms with Crippen LogP contribution in [0.4, 0.5) is 11.4 Å². The monoisotopic (exact) mass is 599 g/mol. The highest BCUT2D eigenvalue weighted by Crippen LogP contribution is 2.27. The Balaban J connectivity index is 1.79. The molecule has 38 heavy (non-hydrogen) atoms. The number of amides is 2. The minimum absolute atomic E-state index is 0.0398. The second kappa shape index (κ2) is 12.6. The molecule has 0 heterocycles. The Labute approximate surface area is 233 Å². The van der Waals surface area contributed by atoms with E-state index in [1.54, 1.807) is 42.5 Å². The molecule has 3 aromatic rings. The van der Waals surface area contributed by atoms with Crippen LogP contribution < -0.4 is 14.9 Å². The lowest BCUT2D eigenvalue weighted by molar-refractivity contribution is -0.116. The maximum absolute atomic E-state index is 13.6. The van der Waals surface area contributed by atoms with Crippen LogP contribution in [0.15, 0.2) is 70.0 Å². The zero-order chi connectivity index (χ0) is 28.0. The molecule has 0 atom stereocenters. The van der Waals surface area contributed by atoms with Crippen LogP contribution in [-0.4, -0.2) is 33.3 Å². The van der Waals surface area contributed by atoms with Gasteiger partial charge in [-0.2, -0.15) is 0 Å². The second-order valence-corrected chi connectivity index (χ2v) is 12.6. The second-order valence-electron chi connectivity index (χ2n) is 9.81. The molecule has 0 radical (unpaired) electrons. The molecule has 3 rings (SSSR count). The molecule has 0 aliphatic heterocycles. The van der Waals surface area contributed by atoms with Crippen molar-refractivity contribution in [2.45, 2.75) is 45.9 Å². The number of sulfonamides is 1. The molecule has 9 heteroatoms. The summed E-state index contributed by atoms with van der Waals surface area (Å²) in [4.78, 5) is 25.4. The van der Waals surface area contributed by atoms with E-state index in [4.69, 9.17) is 0 Å². The van der Waals surface area contributed by atoms with Crippen molar-refractivity contribution in [2.75, 3.05) is 22.7 Å². The quantitative estimate of drug-likeness (QED) is 0.299. The number of halogens is 1. The van der Waals surface area contributed by atoms with E-state index in [9.17, 15) is 18.0 Å². The fourth-order valence-corrected chi connectivity index (χ4v) is 5.69. The van der Waals surface area contributed by atoms with Crippen LogP contribution >= 0.6 is 15.9 Å². The summed E-state index contributed by atoms with van der Waals surface area (Å²) in [6, 6.07) is 17.1. The number of hydrogen-bond acceptors (Lipinski definition) is 4. The molecule has 0 bridgehead atoms. The lowest BCUT2D eigenvalue weighted by Gasteiger charge is -2.25. The first-order chi connectivity index (χ1) is 17.9. The van der Waals surface area contributed by atoms with Gasteiger partial charge in [-0.3, -0.25) is 13.9 Å². The Morgan fingerprint density at radius 3 is 2.13 bits per heavy atom. The molecule has 3 aromatic carbocycles. The largest absolute Gasteiger partial charge is 0.352 e. The van der Waals surface area contributed by atoms with Gasteiger partial charge in [0.25, 0.3) is 15.9 Å². The number of carbonyl (C=O) groups excluding carboxylic acids is 2. The van der Waals surface area contributed by atoms with Crippen molar-refractivity contribution in [2.24, 2.45) is 5.92 Å². The van der Waals surface area contributed by atoms with Crippen molar-refractivity contribution >= 4 is 49.1 Å². The van der Waals surface area contributed by atoms with E-state index in [-0.39, 0.29) is 29.7 Å². The van der Waals surface area contributed by atoms with Gasteiger partial charge in [0.2, 0.25) is 5.91 Å². The average molecular weight is 601 g/mol. The van der Waals surface area contributed by atoms with E-state index in [1.165, 1.54) is 16.4 Å². The average Bonchev–Trinajstić information content (AvgIpc) is 2.83. The van der Waals surface area contributed by atoms with Gasteiger partial charge in [-0.1, -0.05) is 35.8 Å². The van der Waals surface area contributed by atoms with E-state index in [1.807, 2.05) is 40.7 Å². The summed E-state index contributed by atoms with van der Waals surface area (Å²) in [5, 5.41) is 5.74. The maximum atomic E-state index is 13.6. The zero-order valence-electron chi connectivity index (χ0n) is 22.3. The minimum atomic E-state index is -3.92. The highest BCUT2D eigenvalue weighted by molar-refractivity contribution is 9.10. The van der Waals surface area contributed by atoms with Gasteiger partial charge in [-0.05, 0) is 98.0 Å². The van der Waals surface area contributed by atoms with E-state index < -0.39 is 10.0 Å². The number of benzene rings is 3. The Morgan fingerprint density at radius 1 is 0.921 bits per heavy atom. The van der Waals surface area contributed by atoms with Crippen molar-refractivity contribution in [1.82, 2.24) is 5.32 Å².